The number of benzene rings is 2. The normalized spacial score (nSPS) is 10.3. The van der Waals surface area contributed by atoms with Gasteiger partial charge in [-0.3, -0.25) is 0 Å². The van der Waals surface area contributed by atoms with Crippen molar-refractivity contribution in [3.63, 3.8) is 0 Å². The minimum atomic E-state index is -0.0185. The van der Waals surface area contributed by atoms with Gasteiger partial charge in [-0.2, -0.15) is 0 Å². The first-order chi connectivity index (χ1) is 8.69. The average molecular weight is 246 g/mol. The smallest absolute Gasteiger partial charge is 0.130 e. The lowest BCUT2D eigenvalue weighted by atomic mass is 10.1. The van der Waals surface area contributed by atoms with E-state index in [1.54, 1.807) is 24.3 Å². The molecule has 2 aromatic rings. The lowest BCUT2D eigenvalue weighted by Crippen LogP contribution is -1.95. The molecule has 0 fully saturated rings. The monoisotopic (exact) mass is 246 g/mol. The van der Waals surface area contributed by atoms with Gasteiger partial charge in [-0.05, 0) is 48.9 Å². The molecule has 0 aliphatic heterocycles. The van der Waals surface area contributed by atoms with Gasteiger partial charge in [0.1, 0.15) is 23.0 Å². The molecule has 0 atom stereocenters. The van der Waals surface area contributed by atoms with Crippen molar-refractivity contribution in [3.05, 3.63) is 48.0 Å². The van der Waals surface area contributed by atoms with Crippen molar-refractivity contribution in [3.8, 4) is 23.0 Å². The van der Waals surface area contributed by atoms with Gasteiger partial charge in [0.05, 0.1) is 0 Å². The second kappa shape index (κ2) is 5.42. The Labute approximate surface area is 105 Å². The maximum absolute atomic E-state index is 9.40. The van der Waals surface area contributed by atoms with Crippen LogP contribution in [-0.4, -0.2) is 21.9 Å². The van der Waals surface area contributed by atoms with Gasteiger partial charge in [0.25, 0.3) is 0 Å². The number of hydrogen-bond acceptors (Lipinski definition) is 4. The van der Waals surface area contributed by atoms with Crippen molar-refractivity contribution in [1.29, 1.82) is 0 Å². The highest BCUT2D eigenvalue weighted by molar-refractivity contribution is 5.43. The molecule has 0 saturated heterocycles. The average Bonchev–Trinajstić information content (AvgIpc) is 2.36. The van der Waals surface area contributed by atoms with Crippen LogP contribution in [0.1, 0.15) is 5.56 Å². The Bertz CT molecular complexity index is 520. The highest BCUT2D eigenvalue weighted by Crippen LogP contribution is 2.29. The summed E-state index contributed by atoms with van der Waals surface area (Å²) in [6.07, 6.45) is 0.405. The zero-order valence-electron chi connectivity index (χ0n) is 9.71. The first-order valence-corrected chi connectivity index (χ1v) is 5.58. The molecule has 0 aliphatic rings. The van der Waals surface area contributed by atoms with E-state index in [4.69, 9.17) is 9.84 Å². The lowest BCUT2D eigenvalue weighted by Gasteiger charge is -2.11. The molecule has 0 saturated carbocycles. The van der Waals surface area contributed by atoms with Crippen molar-refractivity contribution in [1.82, 2.24) is 0 Å². The molecule has 0 radical (unpaired) electrons. The molecule has 0 amide bonds. The van der Waals surface area contributed by atoms with E-state index in [1.165, 1.54) is 18.2 Å². The van der Waals surface area contributed by atoms with E-state index in [-0.39, 0.29) is 18.1 Å². The highest BCUT2D eigenvalue weighted by Gasteiger charge is 2.06. The van der Waals surface area contributed by atoms with Crippen molar-refractivity contribution in [2.75, 3.05) is 6.61 Å². The van der Waals surface area contributed by atoms with Crippen LogP contribution in [0.3, 0.4) is 0 Å². The fourth-order valence-corrected chi connectivity index (χ4v) is 1.62. The van der Waals surface area contributed by atoms with Crippen LogP contribution in [0.25, 0.3) is 0 Å². The van der Waals surface area contributed by atoms with Gasteiger partial charge in [-0.25, -0.2) is 0 Å². The largest absolute Gasteiger partial charge is 0.508 e. The summed E-state index contributed by atoms with van der Waals surface area (Å²) in [4.78, 5) is 0. The second-order valence-corrected chi connectivity index (χ2v) is 3.86. The molecular formula is C14H14O4. The number of rotatable bonds is 4. The number of hydrogen-bond donors (Lipinski definition) is 3. The van der Waals surface area contributed by atoms with Crippen molar-refractivity contribution < 1.29 is 20.1 Å². The van der Waals surface area contributed by atoms with E-state index in [9.17, 15) is 10.2 Å². The van der Waals surface area contributed by atoms with E-state index in [1.807, 2.05) is 0 Å². The molecule has 4 nitrogen and oxygen atoms in total. The summed E-state index contributed by atoms with van der Waals surface area (Å²) in [5, 5.41) is 27.5. The Morgan fingerprint density at radius 1 is 0.889 bits per heavy atom. The summed E-state index contributed by atoms with van der Waals surface area (Å²) in [6.45, 7) is -0.0185. The van der Waals surface area contributed by atoms with Gasteiger partial charge < -0.3 is 20.1 Å². The molecule has 0 unspecified atom stereocenters. The third-order valence-electron chi connectivity index (χ3n) is 2.49. The standard InChI is InChI=1S/C14H14O4/c15-8-7-10-9-12(17)3-6-14(10)18-13-4-1-11(16)2-5-13/h1-6,9,15-17H,7-8H2. The summed E-state index contributed by atoms with van der Waals surface area (Å²) in [6, 6.07) is 11.1. The SMILES string of the molecule is OCCc1cc(O)ccc1Oc1ccc(O)cc1. The van der Waals surface area contributed by atoms with Crippen LogP contribution in [0.4, 0.5) is 0 Å². The molecule has 0 heterocycles. The first-order valence-electron chi connectivity index (χ1n) is 5.58. The van der Waals surface area contributed by atoms with Crippen LogP contribution < -0.4 is 4.74 Å². The van der Waals surface area contributed by atoms with Crippen LogP contribution in [0.5, 0.6) is 23.0 Å². The van der Waals surface area contributed by atoms with Gasteiger partial charge in [0.15, 0.2) is 0 Å². The molecule has 2 aromatic carbocycles. The van der Waals surface area contributed by atoms with E-state index in [0.717, 1.165) is 5.56 Å². The number of phenolic OH excluding ortho intramolecular Hbond substituents is 2. The lowest BCUT2D eigenvalue weighted by molar-refractivity contribution is 0.297. The Kier molecular flexibility index (Phi) is 3.69. The summed E-state index contributed by atoms with van der Waals surface area (Å²) < 4.78 is 5.64. The maximum atomic E-state index is 9.40. The van der Waals surface area contributed by atoms with Crippen LogP contribution >= 0.6 is 0 Å². The number of aliphatic hydroxyl groups excluding tert-OH is 1. The van der Waals surface area contributed by atoms with Crippen LogP contribution in [0, 0.1) is 0 Å². The summed E-state index contributed by atoms with van der Waals surface area (Å²) in [5.74, 6) is 1.46. The topological polar surface area (TPSA) is 69.9 Å². The number of aromatic hydroxyl groups is 2. The van der Waals surface area contributed by atoms with Crippen molar-refractivity contribution in [2.24, 2.45) is 0 Å². The zero-order chi connectivity index (χ0) is 13.0. The van der Waals surface area contributed by atoms with Gasteiger partial charge in [-0.15, -0.1) is 0 Å². The Hall–Kier alpha value is -2.20. The molecule has 2 rings (SSSR count). The van der Waals surface area contributed by atoms with E-state index in [2.05, 4.69) is 0 Å². The van der Waals surface area contributed by atoms with Gasteiger partial charge >= 0.3 is 0 Å². The molecule has 3 N–H and O–H groups in total. The van der Waals surface area contributed by atoms with Crippen LogP contribution in [-0.2, 0) is 6.42 Å². The molecule has 0 spiro atoms. The molecule has 0 aliphatic carbocycles. The van der Waals surface area contributed by atoms with Crippen LogP contribution in [0.15, 0.2) is 42.5 Å². The van der Waals surface area contributed by atoms with Gasteiger partial charge in [0.2, 0.25) is 0 Å². The molecule has 18 heavy (non-hydrogen) atoms. The maximum Gasteiger partial charge on any atom is 0.130 e. The highest BCUT2D eigenvalue weighted by atomic mass is 16.5. The minimum absolute atomic E-state index is 0.0185. The third-order valence-corrected chi connectivity index (χ3v) is 2.49. The first kappa shape index (κ1) is 12.3. The predicted octanol–water partition coefficient (Wildman–Crippen LogP) is 2.42. The zero-order valence-corrected chi connectivity index (χ0v) is 9.71. The quantitative estimate of drug-likeness (QED) is 0.774. The van der Waals surface area contributed by atoms with Crippen molar-refractivity contribution in [2.45, 2.75) is 6.42 Å². The Morgan fingerprint density at radius 3 is 2.22 bits per heavy atom. The Morgan fingerprint density at radius 2 is 1.56 bits per heavy atom. The third kappa shape index (κ3) is 2.93. The van der Waals surface area contributed by atoms with Gasteiger partial charge in [0, 0.05) is 12.2 Å². The minimum Gasteiger partial charge on any atom is -0.508 e. The molecule has 4 heteroatoms. The van der Waals surface area contributed by atoms with E-state index in [0.29, 0.717) is 17.9 Å². The van der Waals surface area contributed by atoms with Crippen LogP contribution in [0.2, 0.25) is 0 Å². The number of aliphatic hydroxyl groups is 1. The predicted molar refractivity (Wildman–Crippen MR) is 67.1 cm³/mol. The molecule has 0 bridgehead atoms. The summed E-state index contributed by atoms with van der Waals surface area (Å²) in [5.41, 5.74) is 0.727. The fourth-order valence-electron chi connectivity index (χ4n) is 1.62. The summed E-state index contributed by atoms with van der Waals surface area (Å²) in [7, 11) is 0. The van der Waals surface area contributed by atoms with Gasteiger partial charge in [-0.1, -0.05) is 0 Å². The van der Waals surface area contributed by atoms with Crippen molar-refractivity contribution >= 4 is 0 Å². The van der Waals surface area contributed by atoms with E-state index >= 15 is 0 Å². The van der Waals surface area contributed by atoms with E-state index < -0.39 is 0 Å². The molecule has 0 aromatic heterocycles. The fraction of sp³-hybridized carbons (Fsp3) is 0.143. The summed E-state index contributed by atoms with van der Waals surface area (Å²) >= 11 is 0. The molecular weight excluding hydrogens is 232 g/mol. The number of phenols is 2. The Balaban J connectivity index is 2.25. The molecule has 94 valence electrons. The second-order valence-electron chi connectivity index (χ2n) is 3.86. The number of ether oxygens (including phenoxy) is 1.